The van der Waals surface area contributed by atoms with Gasteiger partial charge in [0.15, 0.2) is 0 Å². The molecule has 6 aliphatic rings. The Hall–Kier alpha value is -2.07. The molecule has 0 aromatic rings. The minimum atomic E-state index is -1.13. The topological polar surface area (TPSA) is 147 Å². The number of carbonyl (C=O) groups excluding carboxylic acids is 4. The Morgan fingerprint density at radius 2 is 1.24 bits per heavy atom. The van der Waals surface area contributed by atoms with Crippen LogP contribution < -0.4 is 0 Å². The van der Waals surface area contributed by atoms with Gasteiger partial charge in [-0.15, -0.1) is 11.6 Å². The summed E-state index contributed by atoms with van der Waals surface area (Å²) in [5.74, 6) is -1.73. The Labute approximate surface area is 251 Å². The number of ether oxygens (including phenoxy) is 2. The molecule has 2 saturated heterocycles. The number of Topliss-reactive ketones (excluding diaryl/α,β-unsaturated/α-hetero) is 2. The van der Waals surface area contributed by atoms with Crippen LogP contribution in [0.1, 0.15) is 78.1 Å². The molecule has 4 aliphatic carbocycles. The quantitative estimate of drug-likeness (QED) is 0.215. The van der Waals surface area contributed by atoms with Gasteiger partial charge >= 0.3 is 11.9 Å². The fourth-order valence-electron chi connectivity index (χ4n) is 8.82. The van der Waals surface area contributed by atoms with Crippen molar-refractivity contribution in [3.63, 3.8) is 0 Å². The van der Waals surface area contributed by atoms with Gasteiger partial charge in [0.2, 0.25) is 0 Å². The fourth-order valence-corrected chi connectivity index (χ4v) is 9.03. The molecule has 10 heteroatoms. The number of ketones is 2. The monoisotopic (exact) mass is 606 g/mol. The summed E-state index contributed by atoms with van der Waals surface area (Å²) in [4.78, 5) is 49.1. The van der Waals surface area contributed by atoms with Crippen LogP contribution in [0, 0.1) is 34.5 Å². The van der Waals surface area contributed by atoms with Crippen molar-refractivity contribution >= 4 is 35.1 Å². The van der Waals surface area contributed by atoms with Gasteiger partial charge in [-0.25, -0.2) is 0 Å². The molecule has 10 atom stereocenters. The van der Waals surface area contributed by atoms with Gasteiger partial charge in [-0.2, -0.15) is 0 Å². The zero-order valence-corrected chi connectivity index (χ0v) is 25.2. The highest BCUT2D eigenvalue weighted by Crippen LogP contribution is 2.64. The maximum atomic E-state index is 12.3. The van der Waals surface area contributed by atoms with Crippen LogP contribution in [0.5, 0.6) is 0 Å². The van der Waals surface area contributed by atoms with Crippen molar-refractivity contribution in [2.24, 2.45) is 34.5 Å². The van der Waals surface area contributed by atoms with Gasteiger partial charge in [-0.3, -0.25) is 19.2 Å². The van der Waals surface area contributed by atoms with Crippen molar-refractivity contribution in [1.82, 2.24) is 0 Å². The first-order chi connectivity index (χ1) is 19.9. The van der Waals surface area contributed by atoms with Crippen molar-refractivity contribution in [3.05, 3.63) is 24.3 Å². The summed E-state index contributed by atoms with van der Waals surface area (Å²) in [6.07, 6.45) is 12.8. The molecule has 0 spiro atoms. The van der Waals surface area contributed by atoms with Crippen molar-refractivity contribution < 1.29 is 44.0 Å². The van der Waals surface area contributed by atoms with Gasteiger partial charge in [0, 0.05) is 37.2 Å². The minimum Gasteiger partial charge on any atom is -0.457 e. The van der Waals surface area contributed by atoms with E-state index in [9.17, 15) is 29.4 Å². The van der Waals surface area contributed by atoms with Crippen LogP contribution >= 0.6 is 11.6 Å². The lowest BCUT2D eigenvalue weighted by atomic mass is 9.60. The van der Waals surface area contributed by atoms with Crippen LogP contribution in [0.15, 0.2) is 24.3 Å². The standard InChI is InChI=1S/C16H21ClO4.C16H22O5/c2*1-15-11(7-8-17)12(18)9-16(15,14(20)21-15)13(19)10-5-3-2-4-6-10/h3,5,10-11,13,19H,2,4,6-9H2,1H3;3,5,10-11,13,17,19H,2,4,6-9H2,1H3/t2*10-,11+,13+,15+,16-/m11/s1. The first-order valence-electron chi connectivity index (χ1n) is 15.3. The SMILES string of the molecule is C[C@@]12OC(=O)[C@]1([C@@H](O)[C@@H]1C=CCCC1)CC(=O)[C@@H]2CCCl.C[C@@]12OC(=O)[C@]1([C@@H](O)[C@@H]1C=CCCC1)CC(=O)[C@@H]2CCO. The van der Waals surface area contributed by atoms with Gasteiger partial charge in [0.25, 0.3) is 0 Å². The highest BCUT2D eigenvalue weighted by molar-refractivity contribution is 6.18. The lowest BCUT2D eigenvalue weighted by molar-refractivity contribution is -0.264. The summed E-state index contributed by atoms with van der Waals surface area (Å²) in [6.45, 7) is 3.39. The van der Waals surface area contributed by atoms with E-state index in [0.29, 0.717) is 12.3 Å². The van der Waals surface area contributed by atoms with E-state index in [1.165, 1.54) is 0 Å². The third kappa shape index (κ3) is 4.28. The zero-order valence-electron chi connectivity index (χ0n) is 24.4. The van der Waals surface area contributed by atoms with E-state index in [0.717, 1.165) is 38.5 Å². The Morgan fingerprint density at radius 3 is 1.57 bits per heavy atom. The molecule has 0 bridgehead atoms. The lowest BCUT2D eigenvalue weighted by Crippen LogP contribution is -2.70. The van der Waals surface area contributed by atoms with E-state index in [1.807, 2.05) is 24.3 Å². The molecule has 232 valence electrons. The van der Waals surface area contributed by atoms with Gasteiger partial charge in [-0.1, -0.05) is 24.3 Å². The maximum absolute atomic E-state index is 12.3. The number of allylic oxidation sites excluding steroid dienone is 2. The Bertz CT molecular complexity index is 1090. The predicted octanol–water partition coefficient (Wildman–Crippen LogP) is 3.20. The van der Waals surface area contributed by atoms with E-state index < -0.39 is 58.0 Å². The number of carbonyl (C=O) groups is 4. The molecule has 3 N–H and O–H groups in total. The summed E-state index contributed by atoms with van der Waals surface area (Å²) >= 11 is 5.79. The first-order valence-corrected chi connectivity index (χ1v) is 15.9. The largest absolute Gasteiger partial charge is 0.457 e. The molecule has 42 heavy (non-hydrogen) atoms. The number of hydrogen-bond acceptors (Lipinski definition) is 9. The third-order valence-corrected chi connectivity index (χ3v) is 11.6. The highest BCUT2D eigenvalue weighted by atomic mass is 35.5. The molecule has 0 aromatic heterocycles. The average molecular weight is 607 g/mol. The second kappa shape index (κ2) is 11.5. The van der Waals surface area contributed by atoms with Crippen LogP contribution in [0.25, 0.3) is 0 Å². The molecular weight excluding hydrogens is 564 g/mol. The molecule has 2 saturated carbocycles. The number of hydrogen-bond donors (Lipinski definition) is 3. The molecule has 0 radical (unpaired) electrons. The van der Waals surface area contributed by atoms with Crippen molar-refractivity contribution in [2.75, 3.05) is 12.5 Å². The summed E-state index contributed by atoms with van der Waals surface area (Å²) in [5, 5.41) is 30.8. The van der Waals surface area contributed by atoms with Crippen LogP contribution in [0.2, 0.25) is 0 Å². The van der Waals surface area contributed by atoms with E-state index in [-0.39, 0.29) is 49.3 Å². The highest BCUT2D eigenvalue weighted by Gasteiger charge is 2.79. The van der Waals surface area contributed by atoms with E-state index >= 15 is 0 Å². The summed E-state index contributed by atoms with van der Waals surface area (Å²) in [5.41, 5.74) is -4.08. The van der Waals surface area contributed by atoms with Gasteiger partial charge in [-0.05, 0) is 65.2 Å². The average Bonchev–Trinajstić information content (AvgIpc) is 3.27. The molecule has 2 aliphatic heterocycles. The van der Waals surface area contributed by atoms with E-state index in [1.54, 1.807) is 13.8 Å². The van der Waals surface area contributed by atoms with Crippen molar-refractivity contribution in [3.8, 4) is 0 Å². The second-order valence-corrected chi connectivity index (χ2v) is 13.6. The lowest BCUT2D eigenvalue weighted by Gasteiger charge is -2.55. The molecule has 0 aromatic carbocycles. The molecule has 9 nitrogen and oxygen atoms in total. The smallest absolute Gasteiger partial charge is 0.319 e. The number of rotatable bonds is 8. The molecule has 0 amide bonds. The van der Waals surface area contributed by atoms with Gasteiger partial charge in [0.05, 0.1) is 24.0 Å². The summed E-state index contributed by atoms with van der Waals surface area (Å²) in [7, 11) is 0. The van der Waals surface area contributed by atoms with Crippen molar-refractivity contribution in [2.45, 2.75) is 101 Å². The van der Waals surface area contributed by atoms with E-state index in [4.69, 9.17) is 26.2 Å². The maximum Gasteiger partial charge on any atom is 0.319 e. The number of aliphatic hydroxyl groups excluding tert-OH is 3. The Balaban J connectivity index is 0.000000168. The first kappa shape index (κ1) is 31.4. The summed E-state index contributed by atoms with van der Waals surface area (Å²) in [6, 6.07) is 0. The number of aliphatic hydroxyl groups is 3. The molecular formula is C32H43ClO9. The molecule has 2 heterocycles. The number of fused-ring (bicyclic) bond motifs is 2. The Kier molecular flexibility index (Phi) is 8.55. The number of esters is 2. The van der Waals surface area contributed by atoms with Gasteiger partial charge in [0.1, 0.15) is 33.6 Å². The van der Waals surface area contributed by atoms with Crippen LogP contribution in [-0.2, 0) is 28.7 Å². The normalized spacial score (nSPS) is 43.2. The van der Waals surface area contributed by atoms with Crippen molar-refractivity contribution in [1.29, 1.82) is 0 Å². The fraction of sp³-hybridized carbons (Fsp3) is 0.750. The van der Waals surface area contributed by atoms with Crippen LogP contribution in [-0.4, -0.2) is 74.7 Å². The van der Waals surface area contributed by atoms with Crippen LogP contribution in [0.4, 0.5) is 0 Å². The van der Waals surface area contributed by atoms with Crippen LogP contribution in [0.3, 0.4) is 0 Å². The van der Waals surface area contributed by atoms with E-state index in [2.05, 4.69) is 0 Å². The zero-order chi connectivity index (χ0) is 30.5. The predicted molar refractivity (Wildman–Crippen MR) is 152 cm³/mol. The molecule has 0 unspecified atom stereocenters. The summed E-state index contributed by atoms with van der Waals surface area (Å²) < 4.78 is 10.7. The third-order valence-electron chi connectivity index (χ3n) is 11.3. The number of halogens is 1. The molecule has 4 fully saturated rings. The molecule has 6 rings (SSSR count). The number of alkyl halides is 1. The minimum absolute atomic E-state index is 0.0113. The van der Waals surface area contributed by atoms with Gasteiger partial charge < -0.3 is 24.8 Å². The Morgan fingerprint density at radius 1 is 0.810 bits per heavy atom. The second-order valence-electron chi connectivity index (χ2n) is 13.3.